The summed E-state index contributed by atoms with van der Waals surface area (Å²) in [6.07, 6.45) is 0.642. The highest BCUT2D eigenvalue weighted by molar-refractivity contribution is 6.33. The average Bonchev–Trinajstić information content (AvgIpc) is 3.34. The van der Waals surface area contributed by atoms with E-state index in [2.05, 4.69) is 15.1 Å². The zero-order valence-electron chi connectivity index (χ0n) is 15.9. The van der Waals surface area contributed by atoms with Gasteiger partial charge in [-0.15, -0.1) is 0 Å². The summed E-state index contributed by atoms with van der Waals surface area (Å²) in [5, 5.41) is 7.63. The van der Waals surface area contributed by atoms with Gasteiger partial charge in [-0.05, 0) is 12.1 Å². The molecule has 3 heterocycles. The fourth-order valence-electron chi connectivity index (χ4n) is 3.70. The zero-order valence-corrected chi connectivity index (χ0v) is 16.7. The number of hydrogen-bond donors (Lipinski definition) is 1. The van der Waals surface area contributed by atoms with Crippen molar-refractivity contribution in [2.75, 3.05) is 39.3 Å². The highest BCUT2D eigenvalue weighted by atomic mass is 35.5. The van der Waals surface area contributed by atoms with Crippen LogP contribution in [0.4, 0.5) is 0 Å². The Kier molecular flexibility index (Phi) is 5.64. The summed E-state index contributed by atoms with van der Waals surface area (Å²) >= 11 is 6.21. The molecule has 9 heteroatoms. The van der Waals surface area contributed by atoms with E-state index in [9.17, 15) is 14.4 Å². The van der Waals surface area contributed by atoms with Gasteiger partial charge in [0.1, 0.15) is 5.69 Å². The number of imide groups is 1. The van der Waals surface area contributed by atoms with Gasteiger partial charge in [0.2, 0.25) is 11.8 Å². The van der Waals surface area contributed by atoms with Gasteiger partial charge in [-0.2, -0.15) is 5.10 Å². The fourth-order valence-corrected chi connectivity index (χ4v) is 3.93. The lowest BCUT2D eigenvalue weighted by molar-refractivity contribution is -0.138. The van der Waals surface area contributed by atoms with Gasteiger partial charge in [0.15, 0.2) is 0 Å². The van der Waals surface area contributed by atoms with E-state index in [1.165, 1.54) is 4.90 Å². The second-order valence-corrected chi connectivity index (χ2v) is 7.63. The predicted molar refractivity (Wildman–Crippen MR) is 107 cm³/mol. The second kappa shape index (κ2) is 8.34. The lowest BCUT2D eigenvalue weighted by Crippen LogP contribution is -2.50. The van der Waals surface area contributed by atoms with Gasteiger partial charge < -0.3 is 4.90 Å². The highest BCUT2D eigenvalue weighted by Crippen LogP contribution is 2.26. The predicted octanol–water partition coefficient (Wildman–Crippen LogP) is 1.64. The number of nitrogens with zero attached hydrogens (tertiary/aromatic N) is 4. The Morgan fingerprint density at radius 1 is 1.03 bits per heavy atom. The van der Waals surface area contributed by atoms with E-state index in [4.69, 9.17) is 11.6 Å². The van der Waals surface area contributed by atoms with E-state index in [1.807, 2.05) is 18.2 Å². The van der Waals surface area contributed by atoms with Crippen LogP contribution in [0.5, 0.6) is 0 Å². The van der Waals surface area contributed by atoms with Gasteiger partial charge in [0, 0.05) is 57.7 Å². The summed E-state index contributed by atoms with van der Waals surface area (Å²) in [6, 6.07) is 9.09. The van der Waals surface area contributed by atoms with Gasteiger partial charge in [-0.3, -0.25) is 29.3 Å². The molecule has 0 bridgehead atoms. The molecule has 1 aromatic heterocycles. The molecule has 0 radical (unpaired) electrons. The van der Waals surface area contributed by atoms with Crippen molar-refractivity contribution in [2.24, 2.45) is 0 Å². The zero-order chi connectivity index (χ0) is 20.4. The van der Waals surface area contributed by atoms with Crippen molar-refractivity contribution < 1.29 is 14.4 Å². The maximum absolute atomic E-state index is 12.8. The largest absolute Gasteiger partial charge is 0.335 e. The van der Waals surface area contributed by atoms with Crippen molar-refractivity contribution in [3.05, 3.63) is 41.0 Å². The fraction of sp³-hybridized carbons (Fsp3) is 0.400. The Morgan fingerprint density at radius 2 is 1.72 bits per heavy atom. The molecule has 3 amide bonds. The Hall–Kier alpha value is -2.71. The topological polar surface area (TPSA) is 89.6 Å². The summed E-state index contributed by atoms with van der Waals surface area (Å²) in [5.74, 6) is -0.268. The maximum atomic E-state index is 12.8. The van der Waals surface area contributed by atoms with Crippen molar-refractivity contribution in [3.8, 4) is 11.3 Å². The average molecular weight is 416 g/mol. The molecule has 4 rings (SSSR count). The number of benzene rings is 1. The summed E-state index contributed by atoms with van der Waals surface area (Å²) in [7, 11) is 0. The van der Waals surface area contributed by atoms with Crippen molar-refractivity contribution in [1.82, 2.24) is 24.9 Å². The minimum Gasteiger partial charge on any atom is -0.335 e. The summed E-state index contributed by atoms with van der Waals surface area (Å²) in [4.78, 5) is 41.5. The minimum absolute atomic E-state index is 0.0858. The van der Waals surface area contributed by atoms with Crippen LogP contribution in [0, 0.1) is 0 Å². The molecule has 1 N–H and O–H groups in total. The molecule has 8 nitrogen and oxygen atoms in total. The number of likely N-dealkylation sites (tertiary alicyclic amines) is 1. The second-order valence-electron chi connectivity index (χ2n) is 7.22. The van der Waals surface area contributed by atoms with Crippen LogP contribution < -0.4 is 0 Å². The lowest BCUT2D eigenvalue weighted by atomic mass is 10.1. The third-order valence-corrected chi connectivity index (χ3v) is 5.74. The van der Waals surface area contributed by atoms with Gasteiger partial charge in [0.25, 0.3) is 5.91 Å². The summed E-state index contributed by atoms with van der Waals surface area (Å²) < 4.78 is 0. The van der Waals surface area contributed by atoms with Crippen LogP contribution in [-0.2, 0) is 9.59 Å². The third kappa shape index (κ3) is 4.18. The smallest absolute Gasteiger partial charge is 0.271 e. The monoisotopic (exact) mass is 415 g/mol. The molecule has 0 saturated carbocycles. The van der Waals surface area contributed by atoms with Crippen molar-refractivity contribution in [1.29, 1.82) is 0 Å². The number of hydrogen-bond acceptors (Lipinski definition) is 5. The number of carbonyl (C=O) groups excluding carboxylic acids is 3. The van der Waals surface area contributed by atoms with Gasteiger partial charge in [-0.25, -0.2) is 0 Å². The Bertz CT molecular complexity index is 920. The molecule has 2 aliphatic heterocycles. The van der Waals surface area contributed by atoms with Crippen molar-refractivity contribution in [3.63, 3.8) is 0 Å². The first-order valence-electron chi connectivity index (χ1n) is 9.68. The standard InChI is InChI=1S/C20H22ClN5O3/c21-15-4-2-1-3-14(15)16-13-17(23-22-16)20(29)25-10-7-24(8-11-25)9-12-26-18(27)5-6-19(26)28/h1-4,13H,5-12H2,(H,22,23). The SMILES string of the molecule is O=C(c1cc(-c2ccccc2Cl)n[nH]1)N1CCN(CCN2C(=O)CCC2=O)CC1. The van der Waals surface area contributed by atoms with E-state index in [1.54, 1.807) is 17.0 Å². The molecule has 2 saturated heterocycles. The third-order valence-electron chi connectivity index (χ3n) is 5.41. The summed E-state index contributed by atoms with van der Waals surface area (Å²) in [5.41, 5.74) is 1.85. The molecule has 1 aromatic carbocycles. The molecule has 0 unspecified atom stereocenters. The molecule has 0 atom stereocenters. The normalized spacial score (nSPS) is 18.0. The molecular weight excluding hydrogens is 394 g/mol. The van der Waals surface area contributed by atoms with E-state index >= 15 is 0 Å². The number of piperazine rings is 1. The van der Waals surface area contributed by atoms with Gasteiger partial charge in [0.05, 0.1) is 10.7 Å². The van der Waals surface area contributed by atoms with Crippen LogP contribution in [-0.4, -0.2) is 81.9 Å². The summed E-state index contributed by atoms with van der Waals surface area (Å²) in [6.45, 7) is 3.64. The van der Waals surface area contributed by atoms with Crippen LogP contribution in [0.15, 0.2) is 30.3 Å². The number of aromatic nitrogens is 2. The van der Waals surface area contributed by atoms with Crippen molar-refractivity contribution in [2.45, 2.75) is 12.8 Å². The molecule has 152 valence electrons. The number of H-pyrrole nitrogens is 1. The number of halogens is 1. The molecule has 0 spiro atoms. The first kappa shape index (κ1) is 19.6. The molecule has 2 aromatic rings. The first-order chi connectivity index (χ1) is 14.0. The van der Waals surface area contributed by atoms with E-state index in [0.717, 1.165) is 5.56 Å². The Labute approximate surface area is 173 Å². The molecule has 29 heavy (non-hydrogen) atoms. The molecule has 2 aliphatic rings. The molecule has 0 aliphatic carbocycles. The van der Waals surface area contributed by atoms with Crippen LogP contribution >= 0.6 is 11.6 Å². The maximum Gasteiger partial charge on any atom is 0.271 e. The number of carbonyl (C=O) groups is 3. The Balaban J connectivity index is 1.31. The Morgan fingerprint density at radius 3 is 2.41 bits per heavy atom. The number of amides is 3. The van der Waals surface area contributed by atoms with Crippen LogP contribution in [0.25, 0.3) is 11.3 Å². The number of nitrogens with one attached hydrogen (secondary N) is 1. The number of rotatable bonds is 5. The lowest BCUT2D eigenvalue weighted by Gasteiger charge is -2.35. The highest BCUT2D eigenvalue weighted by Gasteiger charge is 2.30. The van der Waals surface area contributed by atoms with E-state index < -0.39 is 0 Å². The number of aromatic amines is 1. The van der Waals surface area contributed by atoms with Crippen LogP contribution in [0.3, 0.4) is 0 Å². The van der Waals surface area contributed by atoms with Crippen LogP contribution in [0.2, 0.25) is 5.02 Å². The van der Waals surface area contributed by atoms with Crippen LogP contribution in [0.1, 0.15) is 23.3 Å². The van der Waals surface area contributed by atoms with Gasteiger partial charge in [-0.1, -0.05) is 29.8 Å². The first-order valence-corrected chi connectivity index (χ1v) is 10.1. The van der Waals surface area contributed by atoms with E-state index in [0.29, 0.717) is 68.5 Å². The van der Waals surface area contributed by atoms with Gasteiger partial charge >= 0.3 is 0 Å². The quantitative estimate of drug-likeness (QED) is 0.750. The van der Waals surface area contributed by atoms with E-state index in [-0.39, 0.29) is 17.7 Å². The molecule has 2 fully saturated rings. The molecular formula is C20H22ClN5O3. The van der Waals surface area contributed by atoms with Crippen molar-refractivity contribution >= 4 is 29.3 Å². The minimum atomic E-state index is -0.0969.